The van der Waals surface area contributed by atoms with Crippen LogP contribution in [0.2, 0.25) is 0 Å². The van der Waals surface area contributed by atoms with Crippen molar-refractivity contribution < 1.29 is 4.42 Å². The normalized spacial score (nSPS) is 10.9. The van der Waals surface area contributed by atoms with E-state index >= 15 is 0 Å². The Labute approximate surface area is 97.3 Å². The Morgan fingerprint density at radius 1 is 1.18 bits per heavy atom. The third-order valence-electron chi connectivity index (χ3n) is 2.51. The fourth-order valence-corrected chi connectivity index (χ4v) is 1.64. The number of nitrogens with zero attached hydrogens (tertiary/aromatic N) is 3. The largest absolute Gasteiger partial charge is 0.458 e. The molecule has 0 aliphatic carbocycles. The first kappa shape index (κ1) is 9.92. The van der Waals surface area contributed by atoms with E-state index in [0.717, 1.165) is 22.4 Å². The van der Waals surface area contributed by atoms with Crippen LogP contribution in [0, 0.1) is 0 Å². The van der Waals surface area contributed by atoms with Gasteiger partial charge in [-0.25, -0.2) is 9.97 Å². The van der Waals surface area contributed by atoms with Crippen molar-refractivity contribution in [1.82, 2.24) is 15.0 Å². The van der Waals surface area contributed by atoms with Crippen molar-refractivity contribution in [3.05, 3.63) is 42.7 Å². The molecule has 0 bridgehead atoms. The molecule has 84 valence electrons. The molecule has 0 aliphatic heterocycles. The number of hydrogen-bond acceptors (Lipinski definition) is 5. The summed E-state index contributed by atoms with van der Waals surface area (Å²) in [4.78, 5) is 12.4. The molecule has 0 aliphatic rings. The van der Waals surface area contributed by atoms with E-state index in [1.165, 1.54) is 6.33 Å². The lowest BCUT2D eigenvalue weighted by Crippen LogP contribution is -1.92. The molecule has 0 aromatic carbocycles. The average Bonchev–Trinajstić information content (AvgIpc) is 2.87. The minimum Gasteiger partial charge on any atom is -0.458 e. The predicted octanol–water partition coefficient (Wildman–Crippen LogP) is 1.74. The second kappa shape index (κ2) is 3.95. The van der Waals surface area contributed by atoms with Crippen LogP contribution >= 0.6 is 0 Å². The van der Waals surface area contributed by atoms with Gasteiger partial charge in [-0.1, -0.05) is 0 Å². The van der Waals surface area contributed by atoms with E-state index in [2.05, 4.69) is 15.0 Å². The minimum absolute atomic E-state index is 0.386. The monoisotopic (exact) mass is 226 g/mol. The molecule has 17 heavy (non-hydrogen) atoms. The van der Waals surface area contributed by atoms with Gasteiger partial charge >= 0.3 is 0 Å². The Morgan fingerprint density at radius 3 is 2.94 bits per heavy atom. The van der Waals surface area contributed by atoms with E-state index in [9.17, 15) is 0 Å². The van der Waals surface area contributed by atoms with E-state index in [1.807, 2.05) is 18.2 Å². The molecule has 0 spiro atoms. The number of hydrogen-bond donors (Lipinski definition) is 1. The van der Waals surface area contributed by atoms with Crippen molar-refractivity contribution in [2.75, 3.05) is 0 Å². The SMILES string of the molecule is NCc1ccc(-c2cc3cncnc3cn2)o1. The number of pyridine rings is 1. The second-order valence-electron chi connectivity index (χ2n) is 3.62. The van der Waals surface area contributed by atoms with Crippen LogP contribution in [0.3, 0.4) is 0 Å². The first-order valence-electron chi connectivity index (χ1n) is 5.22. The molecule has 0 saturated heterocycles. The van der Waals surface area contributed by atoms with Gasteiger partial charge in [0.1, 0.15) is 17.8 Å². The van der Waals surface area contributed by atoms with Crippen molar-refractivity contribution in [2.45, 2.75) is 6.54 Å². The van der Waals surface area contributed by atoms with Gasteiger partial charge in [0.05, 0.1) is 18.3 Å². The second-order valence-corrected chi connectivity index (χ2v) is 3.62. The standard InChI is InChI=1S/C12H10N4O/c13-4-9-1-2-12(17-9)10-3-8-5-14-7-16-11(8)6-15-10/h1-3,5-7H,4,13H2. The van der Waals surface area contributed by atoms with E-state index < -0.39 is 0 Å². The molecule has 5 nitrogen and oxygen atoms in total. The molecule has 0 radical (unpaired) electrons. The number of nitrogens with two attached hydrogens (primary N) is 1. The van der Waals surface area contributed by atoms with Gasteiger partial charge in [0.15, 0.2) is 5.76 Å². The molecule has 3 aromatic heterocycles. The van der Waals surface area contributed by atoms with E-state index in [-0.39, 0.29) is 0 Å². The van der Waals surface area contributed by atoms with Crippen LogP contribution in [0.15, 0.2) is 41.3 Å². The summed E-state index contributed by atoms with van der Waals surface area (Å²) in [5, 5.41) is 0.934. The lowest BCUT2D eigenvalue weighted by Gasteiger charge is -1.98. The van der Waals surface area contributed by atoms with Gasteiger partial charge in [-0.15, -0.1) is 0 Å². The highest BCUT2D eigenvalue weighted by atomic mass is 16.3. The van der Waals surface area contributed by atoms with E-state index in [0.29, 0.717) is 12.3 Å². The summed E-state index contributed by atoms with van der Waals surface area (Å²) in [7, 11) is 0. The molecule has 0 atom stereocenters. The zero-order valence-electron chi connectivity index (χ0n) is 9.00. The van der Waals surface area contributed by atoms with Crippen LogP contribution in [0.1, 0.15) is 5.76 Å². The predicted molar refractivity (Wildman–Crippen MR) is 62.9 cm³/mol. The number of aromatic nitrogens is 3. The van der Waals surface area contributed by atoms with Gasteiger partial charge < -0.3 is 10.2 Å². The average molecular weight is 226 g/mol. The highest BCUT2D eigenvalue weighted by Crippen LogP contribution is 2.22. The van der Waals surface area contributed by atoms with Crippen LogP contribution in [-0.2, 0) is 6.54 Å². The van der Waals surface area contributed by atoms with Crippen molar-refractivity contribution >= 4 is 10.9 Å². The molecule has 3 heterocycles. The Balaban J connectivity index is 2.11. The molecular formula is C12H10N4O. The van der Waals surface area contributed by atoms with Crippen molar-refractivity contribution in [2.24, 2.45) is 5.73 Å². The Bertz CT molecular complexity index is 662. The topological polar surface area (TPSA) is 77.8 Å². The molecule has 3 aromatic rings. The van der Waals surface area contributed by atoms with Gasteiger partial charge in [0.2, 0.25) is 0 Å². The van der Waals surface area contributed by atoms with Crippen LogP contribution < -0.4 is 5.73 Å². The van der Waals surface area contributed by atoms with Gasteiger partial charge in [-0.05, 0) is 18.2 Å². The third kappa shape index (κ3) is 1.76. The zero-order chi connectivity index (χ0) is 11.7. The Morgan fingerprint density at radius 2 is 2.12 bits per heavy atom. The highest BCUT2D eigenvalue weighted by molar-refractivity contribution is 5.80. The number of furan rings is 1. The van der Waals surface area contributed by atoms with Crippen molar-refractivity contribution in [1.29, 1.82) is 0 Å². The van der Waals surface area contributed by atoms with Crippen molar-refractivity contribution in [3.63, 3.8) is 0 Å². The molecule has 0 amide bonds. The molecule has 0 fully saturated rings. The number of rotatable bonds is 2. The lowest BCUT2D eigenvalue weighted by molar-refractivity contribution is 0.524. The first-order chi connectivity index (χ1) is 8.36. The highest BCUT2D eigenvalue weighted by Gasteiger charge is 2.06. The molecule has 0 saturated carbocycles. The van der Waals surface area contributed by atoms with Crippen LogP contribution in [-0.4, -0.2) is 15.0 Å². The van der Waals surface area contributed by atoms with Crippen molar-refractivity contribution in [3.8, 4) is 11.5 Å². The molecule has 3 rings (SSSR count). The minimum atomic E-state index is 0.386. The maximum atomic E-state index is 5.54. The summed E-state index contributed by atoms with van der Waals surface area (Å²) in [5.41, 5.74) is 7.07. The molecular weight excluding hydrogens is 216 g/mol. The van der Waals surface area contributed by atoms with Gasteiger partial charge in [-0.2, -0.15) is 0 Å². The Kier molecular flexibility index (Phi) is 2.31. The summed E-state index contributed by atoms with van der Waals surface area (Å²) in [6.07, 6.45) is 4.96. The summed E-state index contributed by atoms with van der Waals surface area (Å²) >= 11 is 0. The summed E-state index contributed by atoms with van der Waals surface area (Å²) < 4.78 is 5.54. The van der Waals surface area contributed by atoms with Gasteiger partial charge in [0, 0.05) is 11.6 Å². The summed E-state index contributed by atoms with van der Waals surface area (Å²) in [6.45, 7) is 0.386. The smallest absolute Gasteiger partial charge is 0.152 e. The van der Waals surface area contributed by atoms with Gasteiger partial charge in [-0.3, -0.25) is 4.98 Å². The first-order valence-corrected chi connectivity index (χ1v) is 5.22. The number of fused-ring (bicyclic) bond motifs is 1. The van der Waals surface area contributed by atoms with Gasteiger partial charge in [0.25, 0.3) is 0 Å². The molecule has 5 heteroatoms. The summed E-state index contributed by atoms with van der Waals surface area (Å²) in [5.74, 6) is 1.45. The maximum absolute atomic E-state index is 5.54. The fourth-order valence-electron chi connectivity index (χ4n) is 1.64. The Hall–Kier alpha value is -2.27. The fraction of sp³-hybridized carbons (Fsp3) is 0.0833. The quantitative estimate of drug-likeness (QED) is 0.720. The van der Waals surface area contributed by atoms with Crippen LogP contribution in [0.5, 0.6) is 0 Å². The zero-order valence-corrected chi connectivity index (χ0v) is 9.00. The molecule has 2 N–H and O–H groups in total. The molecule has 0 unspecified atom stereocenters. The third-order valence-corrected chi connectivity index (χ3v) is 2.51. The van der Waals surface area contributed by atoms with Crippen LogP contribution in [0.4, 0.5) is 0 Å². The van der Waals surface area contributed by atoms with E-state index in [4.69, 9.17) is 10.2 Å². The van der Waals surface area contributed by atoms with Crippen LogP contribution in [0.25, 0.3) is 22.4 Å². The van der Waals surface area contributed by atoms with E-state index in [1.54, 1.807) is 12.4 Å². The summed E-state index contributed by atoms with van der Waals surface area (Å²) in [6, 6.07) is 5.61. The maximum Gasteiger partial charge on any atom is 0.152 e. The lowest BCUT2D eigenvalue weighted by atomic mass is 10.2.